The highest BCUT2D eigenvalue weighted by atomic mass is 32.1. The number of para-hydroxylation sites is 1. The fraction of sp³-hybridized carbons (Fsp3) is 0.350. The molecule has 0 spiro atoms. The van der Waals surface area contributed by atoms with Crippen molar-refractivity contribution >= 4 is 83.6 Å². The van der Waals surface area contributed by atoms with Crippen LogP contribution < -0.4 is 25.5 Å². The zero-order chi connectivity index (χ0) is 46.3. The Balaban J connectivity index is 1.34. The zero-order valence-electron chi connectivity index (χ0n) is 41.1. The Hall–Kier alpha value is -5.57. The van der Waals surface area contributed by atoms with Crippen LogP contribution in [-0.2, 0) is 27.1 Å². The van der Waals surface area contributed by atoms with Crippen LogP contribution in [0.4, 0.5) is 39.8 Å². The molecular weight excluding hydrogens is 806 g/mol. The molecule has 6 aromatic carbocycles. The van der Waals surface area contributed by atoms with E-state index in [9.17, 15) is 0 Å². The molecular formula is C60H64BN3S. The number of rotatable bonds is 3. The van der Waals surface area contributed by atoms with Gasteiger partial charge in [-0.2, -0.15) is 0 Å². The summed E-state index contributed by atoms with van der Waals surface area (Å²) in [6.45, 7) is 41.2. The lowest BCUT2D eigenvalue weighted by atomic mass is 9.36. The normalized spacial score (nSPS) is 16.2. The van der Waals surface area contributed by atoms with Gasteiger partial charge in [0, 0.05) is 37.6 Å². The van der Waals surface area contributed by atoms with Crippen LogP contribution >= 0.6 is 11.3 Å². The highest BCUT2D eigenvalue weighted by Gasteiger charge is 2.47. The fourth-order valence-electron chi connectivity index (χ4n) is 11.0. The van der Waals surface area contributed by atoms with Crippen LogP contribution in [0.25, 0.3) is 26.1 Å². The van der Waals surface area contributed by atoms with Crippen molar-refractivity contribution in [1.82, 2.24) is 0 Å². The van der Waals surface area contributed by atoms with Crippen LogP contribution in [0.2, 0.25) is 0 Å². The number of benzene rings is 6. The molecule has 2 aliphatic heterocycles. The van der Waals surface area contributed by atoms with Gasteiger partial charge in [0.15, 0.2) is 5.69 Å². The van der Waals surface area contributed by atoms with E-state index in [2.05, 4.69) is 209 Å². The van der Waals surface area contributed by atoms with Crippen LogP contribution in [0.3, 0.4) is 0 Å². The van der Waals surface area contributed by atoms with Gasteiger partial charge in [0.05, 0.1) is 17.9 Å². The van der Waals surface area contributed by atoms with Crippen molar-refractivity contribution < 1.29 is 0 Å². The van der Waals surface area contributed by atoms with E-state index in [0.717, 1.165) is 16.8 Å². The van der Waals surface area contributed by atoms with Crippen molar-refractivity contribution in [3.63, 3.8) is 0 Å². The third-order valence-electron chi connectivity index (χ3n) is 15.1. The van der Waals surface area contributed by atoms with Gasteiger partial charge in [-0.1, -0.05) is 145 Å². The molecule has 10 rings (SSSR count). The minimum Gasteiger partial charge on any atom is -0.311 e. The van der Waals surface area contributed by atoms with Crippen LogP contribution in [0.1, 0.15) is 136 Å². The predicted octanol–water partition coefficient (Wildman–Crippen LogP) is 15.8. The van der Waals surface area contributed by atoms with Gasteiger partial charge < -0.3 is 9.80 Å². The van der Waals surface area contributed by atoms with E-state index in [4.69, 9.17) is 6.57 Å². The van der Waals surface area contributed by atoms with Gasteiger partial charge in [0.25, 0.3) is 6.71 Å². The first-order chi connectivity index (χ1) is 30.5. The average Bonchev–Trinajstić information content (AvgIpc) is 3.61. The first-order valence-corrected chi connectivity index (χ1v) is 24.5. The summed E-state index contributed by atoms with van der Waals surface area (Å²) in [5.74, 6) is 0. The maximum Gasteiger partial charge on any atom is 0.264 e. The summed E-state index contributed by atoms with van der Waals surface area (Å²) in [4.78, 5) is 9.28. The Morgan fingerprint density at radius 1 is 0.585 bits per heavy atom. The first kappa shape index (κ1) is 43.3. The lowest BCUT2D eigenvalue weighted by molar-refractivity contribution is 0.332. The number of nitrogens with zero attached hydrogens (tertiary/aromatic N) is 3. The van der Waals surface area contributed by atoms with Crippen molar-refractivity contribution in [2.45, 2.75) is 137 Å². The lowest BCUT2D eigenvalue weighted by Crippen LogP contribution is -2.60. The molecule has 3 aliphatic rings. The molecule has 3 nitrogen and oxygen atoms in total. The molecule has 0 saturated heterocycles. The molecule has 7 aromatic rings. The van der Waals surface area contributed by atoms with Crippen molar-refractivity contribution in [3.8, 4) is 11.1 Å². The molecule has 3 heterocycles. The van der Waals surface area contributed by atoms with E-state index < -0.39 is 0 Å². The number of hydrogen-bond acceptors (Lipinski definition) is 3. The van der Waals surface area contributed by atoms with Crippen LogP contribution in [-0.4, -0.2) is 6.71 Å². The van der Waals surface area contributed by atoms with Gasteiger partial charge in [-0.05, 0) is 157 Å². The van der Waals surface area contributed by atoms with Gasteiger partial charge in [-0.25, -0.2) is 4.85 Å². The number of thiophene rings is 1. The molecule has 5 heteroatoms. The minimum absolute atomic E-state index is 0.0116. The summed E-state index contributed by atoms with van der Waals surface area (Å²) in [7, 11) is 0. The second kappa shape index (κ2) is 14.5. The summed E-state index contributed by atoms with van der Waals surface area (Å²) in [6, 6.07) is 42.0. The van der Waals surface area contributed by atoms with Crippen molar-refractivity contribution in [3.05, 3.63) is 154 Å². The van der Waals surface area contributed by atoms with E-state index in [0.29, 0.717) is 5.69 Å². The largest absolute Gasteiger partial charge is 0.311 e. The molecule has 328 valence electrons. The number of hydrogen-bond donors (Lipinski definition) is 0. The highest BCUT2D eigenvalue weighted by molar-refractivity contribution is 7.33. The molecule has 0 amide bonds. The Morgan fingerprint density at radius 3 is 1.75 bits per heavy atom. The molecule has 1 aromatic heterocycles. The van der Waals surface area contributed by atoms with Gasteiger partial charge in [0.2, 0.25) is 0 Å². The predicted molar refractivity (Wildman–Crippen MR) is 284 cm³/mol. The summed E-state index contributed by atoms with van der Waals surface area (Å²) in [5, 5.41) is 1.36. The second-order valence-electron chi connectivity index (χ2n) is 23.7. The molecule has 0 unspecified atom stereocenters. The van der Waals surface area contributed by atoms with Crippen LogP contribution in [0.15, 0.2) is 109 Å². The first-order valence-electron chi connectivity index (χ1n) is 23.7. The van der Waals surface area contributed by atoms with E-state index in [1.165, 1.54) is 100 Å². The van der Waals surface area contributed by atoms with E-state index in [1.54, 1.807) is 0 Å². The third-order valence-corrected chi connectivity index (χ3v) is 16.3. The summed E-state index contributed by atoms with van der Waals surface area (Å²) >= 11 is 2.01. The second-order valence-corrected chi connectivity index (χ2v) is 24.8. The number of aryl methyl sites for hydroxylation is 1. The highest BCUT2D eigenvalue weighted by Crippen LogP contribution is 2.54. The maximum atomic E-state index is 8.33. The Bertz CT molecular complexity index is 3140. The quantitative estimate of drug-likeness (QED) is 0.129. The number of anilines is 6. The third kappa shape index (κ3) is 6.88. The molecule has 0 fully saturated rings. The van der Waals surface area contributed by atoms with Gasteiger partial charge in [-0.3, -0.25) is 0 Å². The SMILES string of the molecule is [C-]#[N+]c1ccccc1-c1cc(C(C)(C)C)ccc1N1c2ccc(C(C)(C)C)cc2B2c3sc4cc5c(cc4c3N(c3ccc(C(C)(C)C)cc3)c3cc(C)cc1c32)C(C)(C)CCC5(C)C. The van der Waals surface area contributed by atoms with Crippen LogP contribution in [0, 0.1) is 13.5 Å². The summed E-state index contributed by atoms with van der Waals surface area (Å²) in [5.41, 5.74) is 20.8. The molecule has 65 heavy (non-hydrogen) atoms. The molecule has 0 radical (unpaired) electrons. The summed E-state index contributed by atoms with van der Waals surface area (Å²) < 4.78 is 2.78. The molecule has 0 saturated carbocycles. The molecule has 1 aliphatic carbocycles. The van der Waals surface area contributed by atoms with Crippen LogP contribution in [0.5, 0.6) is 0 Å². The van der Waals surface area contributed by atoms with Crippen molar-refractivity contribution in [2.24, 2.45) is 0 Å². The zero-order valence-corrected chi connectivity index (χ0v) is 42.0. The molecule has 0 atom stereocenters. The summed E-state index contributed by atoms with van der Waals surface area (Å²) in [6.07, 6.45) is 2.36. The van der Waals surface area contributed by atoms with E-state index in [1.807, 2.05) is 23.5 Å². The van der Waals surface area contributed by atoms with Crippen molar-refractivity contribution in [2.75, 3.05) is 9.80 Å². The number of fused-ring (bicyclic) bond motifs is 7. The Kier molecular flexibility index (Phi) is 9.64. The standard InChI is InChI=1S/C60H64BN3S/c1-36-30-50-53-51(31-36)64(48-26-22-38(57(5,6)7)32-42(48)41-18-16-17-19-47(41)62-15)49-27-23-39(58(8,9)10)33-46(49)61(53)55-54(63(50)40-24-20-37(21-25-40)56(2,3)4)43-34-44-45(35-52(43)65-55)60(13,14)29-28-59(44,11)12/h16-27,30-35H,28-29H2,1-14H3. The fourth-order valence-corrected chi connectivity index (χ4v) is 12.3. The van der Waals surface area contributed by atoms with Gasteiger partial charge in [0.1, 0.15) is 0 Å². The molecule has 0 N–H and O–H groups in total. The Morgan fingerprint density at radius 2 is 1.14 bits per heavy atom. The topological polar surface area (TPSA) is 10.8 Å². The van der Waals surface area contributed by atoms with E-state index in [-0.39, 0.29) is 33.8 Å². The maximum absolute atomic E-state index is 8.33. The van der Waals surface area contributed by atoms with Gasteiger partial charge in [-0.15, -0.1) is 11.3 Å². The molecule has 0 bridgehead atoms. The Labute approximate surface area is 393 Å². The van der Waals surface area contributed by atoms with E-state index >= 15 is 0 Å². The van der Waals surface area contributed by atoms with Gasteiger partial charge >= 0.3 is 0 Å². The smallest absolute Gasteiger partial charge is 0.264 e. The lowest BCUT2D eigenvalue weighted by Gasteiger charge is -2.44. The minimum atomic E-state index is -0.0837. The average molecular weight is 870 g/mol. The monoisotopic (exact) mass is 869 g/mol. The van der Waals surface area contributed by atoms with Crippen molar-refractivity contribution in [1.29, 1.82) is 0 Å².